The zero-order valence-corrected chi connectivity index (χ0v) is 16.0. The van der Waals surface area contributed by atoms with E-state index >= 15 is 0 Å². The third-order valence-electron chi connectivity index (χ3n) is 3.86. The molecule has 0 radical (unpaired) electrons. The van der Waals surface area contributed by atoms with Crippen molar-refractivity contribution in [3.63, 3.8) is 0 Å². The zero-order valence-electron chi connectivity index (χ0n) is 14.5. The van der Waals surface area contributed by atoms with Crippen molar-refractivity contribution in [2.45, 2.75) is 20.5 Å². The molecule has 7 heteroatoms. The average molecular weight is 416 g/mol. The van der Waals surface area contributed by atoms with E-state index in [2.05, 4.69) is 31.3 Å². The monoisotopic (exact) mass is 415 g/mol. The van der Waals surface area contributed by atoms with Gasteiger partial charge in [-0.15, -0.1) is 5.10 Å². The van der Waals surface area contributed by atoms with Gasteiger partial charge in [-0.2, -0.15) is 10.3 Å². The number of aromatic amines is 1. The summed E-state index contributed by atoms with van der Waals surface area (Å²) in [6, 6.07) is 13.6. The molecule has 0 atom stereocenters. The highest BCUT2D eigenvalue weighted by atomic mass is 79.9. The van der Waals surface area contributed by atoms with Crippen molar-refractivity contribution >= 4 is 21.9 Å². The van der Waals surface area contributed by atoms with Gasteiger partial charge in [0.25, 0.3) is 0 Å². The molecule has 2 aromatic carbocycles. The highest BCUT2D eigenvalue weighted by Gasteiger charge is 2.22. The van der Waals surface area contributed by atoms with Crippen LogP contribution in [0.2, 0.25) is 0 Å². The van der Waals surface area contributed by atoms with Crippen LogP contribution in [-0.4, -0.2) is 28.0 Å². The van der Waals surface area contributed by atoms with Gasteiger partial charge in [0, 0.05) is 10.0 Å². The second kappa shape index (κ2) is 8.14. The Bertz CT molecular complexity index is 924. The Morgan fingerprint density at radius 2 is 2.00 bits per heavy atom. The van der Waals surface area contributed by atoms with E-state index in [1.807, 2.05) is 49.4 Å². The Kier molecular flexibility index (Phi) is 5.68. The molecule has 0 aliphatic heterocycles. The van der Waals surface area contributed by atoms with Gasteiger partial charge in [0.15, 0.2) is 5.69 Å². The maximum atomic E-state index is 12.1. The molecule has 1 N–H and O–H groups in total. The molecule has 0 fully saturated rings. The number of H-pyrrole nitrogens is 1. The van der Waals surface area contributed by atoms with Crippen molar-refractivity contribution in [2.24, 2.45) is 0 Å². The first-order chi connectivity index (χ1) is 12.6. The lowest BCUT2D eigenvalue weighted by Gasteiger charge is -2.12. The number of ether oxygens (including phenoxy) is 2. The molecule has 0 saturated heterocycles. The fraction of sp³-hybridized carbons (Fsp3) is 0.211. The second-order valence-electron chi connectivity index (χ2n) is 5.60. The number of halogens is 1. The molecule has 3 rings (SSSR count). The van der Waals surface area contributed by atoms with E-state index in [4.69, 9.17) is 9.47 Å². The van der Waals surface area contributed by atoms with E-state index in [0.29, 0.717) is 23.6 Å². The van der Waals surface area contributed by atoms with Crippen LogP contribution in [0.25, 0.3) is 11.3 Å². The highest BCUT2D eigenvalue weighted by molar-refractivity contribution is 9.10. The first kappa shape index (κ1) is 18.1. The summed E-state index contributed by atoms with van der Waals surface area (Å²) in [4.78, 5) is 12.1. The normalized spacial score (nSPS) is 10.6. The Morgan fingerprint density at radius 1 is 1.19 bits per heavy atom. The van der Waals surface area contributed by atoms with Crippen molar-refractivity contribution in [3.05, 3.63) is 63.8 Å². The predicted molar refractivity (Wildman–Crippen MR) is 101 cm³/mol. The third kappa shape index (κ3) is 3.94. The Labute approximate surface area is 159 Å². The summed E-state index contributed by atoms with van der Waals surface area (Å²) < 4.78 is 11.9. The van der Waals surface area contributed by atoms with Crippen LogP contribution in [0.1, 0.15) is 28.5 Å². The van der Waals surface area contributed by atoms with E-state index in [9.17, 15) is 4.79 Å². The van der Waals surface area contributed by atoms with E-state index in [1.54, 1.807) is 6.92 Å². The van der Waals surface area contributed by atoms with Crippen LogP contribution >= 0.6 is 15.9 Å². The number of aromatic nitrogens is 3. The molecule has 26 heavy (non-hydrogen) atoms. The lowest BCUT2D eigenvalue weighted by molar-refractivity contribution is 0.0520. The van der Waals surface area contributed by atoms with Crippen molar-refractivity contribution in [3.8, 4) is 17.0 Å². The van der Waals surface area contributed by atoms with Gasteiger partial charge in [-0.1, -0.05) is 40.2 Å². The fourth-order valence-corrected chi connectivity index (χ4v) is 2.86. The largest absolute Gasteiger partial charge is 0.488 e. The molecule has 0 bridgehead atoms. The number of nitrogens with zero attached hydrogens (tertiary/aromatic N) is 2. The van der Waals surface area contributed by atoms with E-state index in [0.717, 1.165) is 15.6 Å². The molecule has 6 nitrogen and oxygen atoms in total. The SMILES string of the molecule is CCOC(=O)c1n[nH]nc1-c1cc(Br)ccc1OCc1ccccc1C. The molecule has 0 aliphatic rings. The van der Waals surface area contributed by atoms with E-state index < -0.39 is 5.97 Å². The molecule has 0 spiro atoms. The molecule has 0 amide bonds. The molecule has 0 aliphatic carbocycles. The zero-order chi connectivity index (χ0) is 18.5. The number of carbonyl (C=O) groups is 1. The molecule has 0 unspecified atom stereocenters. The quantitative estimate of drug-likeness (QED) is 0.607. The average Bonchev–Trinajstić information content (AvgIpc) is 3.12. The molecule has 0 saturated carbocycles. The van der Waals surface area contributed by atoms with Crippen molar-refractivity contribution in [2.75, 3.05) is 6.61 Å². The van der Waals surface area contributed by atoms with Gasteiger partial charge < -0.3 is 9.47 Å². The van der Waals surface area contributed by atoms with Gasteiger partial charge in [-0.25, -0.2) is 4.79 Å². The standard InChI is InChI=1S/C19H18BrN3O3/c1-3-25-19(24)18-17(21-23-22-18)15-10-14(20)8-9-16(15)26-11-13-7-5-4-6-12(13)2/h4-10H,3,11H2,1-2H3,(H,21,22,23). The maximum absolute atomic E-state index is 12.1. The summed E-state index contributed by atoms with van der Waals surface area (Å²) in [6.45, 7) is 4.46. The highest BCUT2D eigenvalue weighted by Crippen LogP contribution is 2.33. The van der Waals surface area contributed by atoms with Crippen LogP contribution < -0.4 is 4.74 Å². The number of nitrogens with one attached hydrogen (secondary N) is 1. The molecule has 3 aromatic rings. The van der Waals surface area contributed by atoms with Gasteiger partial charge in [0.2, 0.25) is 0 Å². The first-order valence-electron chi connectivity index (χ1n) is 8.15. The maximum Gasteiger partial charge on any atom is 0.361 e. The minimum absolute atomic E-state index is 0.130. The number of hydrogen-bond donors (Lipinski definition) is 1. The van der Waals surface area contributed by atoms with Crippen LogP contribution in [0.5, 0.6) is 5.75 Å². The van der Waals surface area contributed by atoms with Gasteiger partial charge >= 0.3 is 5.97 Å². The Balaban J connectivity index is 1.94. The van der Waals surface area contributed by atoms with Crippen LogP contribution in [0.3, 0.4) is 0 Å². The molecular weight excluding hydrogens is 398 g/mol. The summed E-state index contributed by atoms with van der Waals surface area (Å²) in [5.41, 5.74) is 3.42. The van der Waals surface area contributed by atoms with E-state index in [-0.39, 0.29) is 12.3 Å². The molecular formula is C19H18BrN3O3. The lowest BCUT2D eigenvalue weighted by atomic mass is 10.1. The third-order valence-corrected chi connectivity index (χ3v) is 4.35. The summed E-state index contributed by atoms with van der Waals surface area (Å²) in [5, 5.41) is 10.6. The van der Waals surface area contributed by atoms with Crippen LogP contribution in [0, 0.1) is 6.92 Å². The van der Waals surface area contributed by atoms with Gasteiger partial charge in [0.05, 0.1) is 6.61 Å². The Hall–Kier alpha value is -2.67. The van der Waals surface area contributed by atoms with Gasteiger partial charge in [-0.3, -0.25) is 0 Å². The van der Waals surface area contributed by atoms with Crippen LogP contribution in [0.4, 0.5) is 0 Å². The summed E-state index contributed by atoms with van der Waals surface area (Å²) in [7, 11) is 0. The van der Waals surface area contributed by atoms with Gasteiger partial charge in [-0.05, 0) is 43.2 Å². The lowest BCUT2D eigenvalue weighted by Crippen LogP contribution is -2.07. The second-order valence-corrected chi connectivity index (χ2v) is 6.51. The number of rotatable bonds is 6. The number of hydrogen-bond acceptors (Lipinski definition) is 5. The Morgan fingerprint density at radius 3 is 2.77 bits per heavy atom. The fourth-order valence-electron chi connectivity index (χ4n) is 2.50. The van der Waals surface area contributed by atoms with Crippen molar-refractivity contribution in [1.29, 1.82) is 0 Å². The van der Waals surface area contributed by atoms with Crippen LogP contribution in [0.15, 0.2) is 46.9 Å². The number of esters is 1. The molecule has 134 valence electrons. The van der Waals surface area contributed by atoms with Crippen molar-refractivity contribution < 1.29 is 14.3 Å². The first-order valence-corrected chi connectivity index (χ1v) is 8.94. The molecule has 1 aromatic heterocycles. The predicted octanol–water partition coefficient (Wildman–Crippen LogP) is 4.30. The van der Waals surface area contributed by atoms with Gasteiger partial charge in [0.1, 0.15) is 18.1 Å². The minimum atomic E-state index is -0.527. The number of carbonyl (C=O) groups excluding carboxylic acids is 1. The van der Waals surface area contributed by atoms with E-state index in [1.165, 1.54) is 0 Å². The number of benzene rings is 2. The molecule has 1 heterocycles. The van der Waals surface area contributed by atoms with Crippen LogP contribution in [-0.2, 0) is 11.3 Å². The summed E-state index contributed by atoms with van der Waals surface area (Å²) >= 11 is 3.45. The summed E-state index contributed by atoms with van der Waals surface area (Å²) in [6.07, 6.45) is 0. The summed E-state index contributed by atoms with van der Waals surface area (Å²) in [5.74, 6) is 0.0805. The van der Waals surface area contributed by atoms with Crippen molar-refractivity contribution in [1.82, 2.24) is 15.4 Å². The topological polar surface area (TPSA) is 77.1 Å². The smallest absolute Gasteiger partial charge is 0.361 e. The minimum Gasteiger partial charge on any atom is -0.488 e. The number of aryl methyl sites for hydroxylation is 1.